The molecule has 0 aromatic carbocycles. The van der Waals surface area contributed by atoms with Crippen LogP contribution in [0.5, 0.6) is 0 Å². The lowest BCUT2D eigenvalue weighted by molar-refractivity contribution is -0.137. The zero-order valence-electron chi connectivity index (χ0n) is 11.7. The molecular weight excluding hydrogens is 214 g/mol. The van der Waals surface area contributed by atoms with E-state index in [1.54, 1.807) is 0 Å². The highest BCUT2D eigenvalue weighted by molar-refractivity contribution is 5.66. The summed E-state index contributed by atoms with van der Waals surface area (Å²) in [4.78, 5) is 12.8. The minimum Gasteiger partial charge on any atom is -0.481 e. The van der Waals surface area contributed by atoms with Crippen molar-refractivity contribution >= 4 is 5.97 Å². The molecule has 0 heterocycles. The standard InChI is InChI=1S/C14H27NO2/c1-14(2,3)11-5-7-12(8-6-11)15(4)10-9-13(16)17/h11-12H,5-10H2,1-4H3,(H,16,17). The molecule has 1 aliphatic carbocycles. The summed E-state index contributed by atoms with van der Waals surface area (Å²) in [5.74, 6) is 0.131. The van der Waals surface area contributed by atoms with Crippen LogP contribution in [-0.4, -0.2) is 35.6 Å². The van der Waals surface area contributed by atoms with E-state index in [0.717, 1.165) is 5.92 Å². The molecule has 3 nitrogen and oxygen atoms in total. The quantitative estimate of drug-likeness (QED) is 0.822. The lowest BCUT2D eigenvalue weighted by Crippen LogP contribution is -2.38. The number of aliphatic carboxylic acids is 1. The van der Waals surface area contributed by atoms with Gasteiger partial charge in [-0.25, -0.2) is 0 Å². The van der Waals surface area contributed by atoms with E-state index in [4.69, 9.17) is 5.11 Å². The molecule has 0 unspecified atom stereocenters. The summed E-state index contributed by atoms with van der Waals surface area (Å²) < 4.78 is 0. The fourth-order valence-electron chi connectivity index (χ4n) is 2.84. The highest BCUT2D eigenvalue weighted by Gasteiger charge is 2.30. The highest BCUT2D eigenvalue weighted by Crippen LogP contribution is 2.38. The lowest BCUT2D eigenvalue weighted by Gasteiger charge is -2.39. The molecule has 1 fully saturated rings. The topological polar surface area (TPSA) is 40.5 Å². The number of hydrogen-bond donors (Lipinski definition) is 1. The monoisotopic (exact) mass is 241 g/mol. The van der Waals surface area contributed by atoms with Crippen molar-refractivity contribution in [3.05, 3.63) is 0 Å². The molecule has 1 rings (SSSR count). The van der Waals surface area contributed by atoms with Crippen LogP contribution in [0.3, 0.4) is 0 Å². The largest absolute Gasteiger partial charge is 0.481 e. The van der Waals surface area contributed by atoms with Gasteiger partial charge >= 0.3 is 5.97 Å². The second-order valence-corrected chi connectivity index (χ2v) is 6.50. The van der Waals surface area contributed by atoms with E-state index in [1.165, 1.54) is 25.7 Å². The molecule has 0 spiro atoms. The molecule has 100 valence electrons. The van der Waals surface area contributed by atoms with Gasteiger partial charge in [0, 0.05) is 12.6 Å². The van der Waals surface area contributed by atoms with Crippen LogP contribution in [0.1, 0.15) is 52.9 Å². The molecular formula is C14H27NO2. The number of carboxylic acids is 1. The normalized spacial score (nSPS) is 26.2. The maximum Gasteiger partial charge on any atom is 0.304 e. The van der Waals surface area contributed by atoms with Crippen LogP contribution >= 0.6 is 0 Å². The van der Waals surface area contributed by atoms with E-state index in [9.17, 15) is 4.79 Å². The fourth-order valence-corrected chi connectivity index (χ4v) is 2.84. The van der Waals surface area contributed by atoms with Crippen molar-refractivity contribution in [3.8, 4) is 0 Å². The first-order valence-corrected chi connectivity index (χ1v) is 6.72. The number of hydrogen-bond acceptors (Lipinski definition) is 2. The van der Waals surface area contributed by atoms with E-state index in [1.807, 2.05) is 0 Å². The maximum atomic E-state index is 10.5. The van der Waals surface area contributed by atoms with Crippen molar-refractivity contribution < 1.29 is 9.90 Å². The van der Waals surface area contributed by atoms with Crippen LogP contribution in [0.2, 0.25) is 0 Å². The third kappa shape index (κ3) is 4.66. The second-order valence-electron chi connectivity index (χ2n) is 6.50. The summed E-state index contributed by atoms with van der Waals surface area (Å²) in [6.45, 7) is 7.66. The van der Waals surface area contributed by atoms with Crippen LogP contribution in [0, 0.1) is 11.3 Å². The molecule has 0 aromatic heterocycles. The fraction of sp³-hybridized carbons (Fsp3) is 0.929. The Labute approximate surface area is 105 Å². The number of nitrogens with zero attached hydrogens (tertiary/aromatic N) is 1. The van der Waals surface area contributed by atoms with Gasteiger partial charge < -0.3 is 10.0 Å². The van der Waals surface area contributed by atoms with Gasteiger partial charge in [-0.15, -0.1) is 0 Å². The Morgan fingerprint density at radius 1 is 1.24 bits per heavy atom. The van der Waals surface area contributed by atoms with Crippen molar-refractivity contribution in [3.63, 3.8) is 0 Å². The third-order valence-corrected chi connectivity index (χ3v) is 4.22. The van der Waals surface area contributed by atoms with Crippen molar-refractivity contribution in [2.24, 2.45) is 11.3 Å². The Bertz CT molecular complexity index is 249. The molecule has 1 saturated carbocycles. The molecule has 0 radical (unpaired) electrons. The van der Waals surface area contributed by atoms with Gasteiger partial charge in [0.2, 0.25) is 0 Å². The average Bonchev–Trinajstić information content (AvgIpc) is 2.25. The smallest absolute Gasteiger partial charge is 0.304 e. The van der Waals surface area contributed by atoms with Crippen LogP contribution in [0.4, 0.5) is 0 Å². The van der Waals surface area contributed by atoms with E-state index in [2.05, 4.69) is 32.7 Å². The highest BCUT2D eigenvalue weighted by atomic mass is 16.4. The summed E-state index contributed by atoms with van der Waals surface area (Å²) in [7, 11) is 2.06. The minimum atomic E-state index is -0.694. The molecule has 0 saturated heterocycles. The second kappa shape index (κ2) is 5.85. The van der Waals surface area contributed by atoms with E-state index < -0.39 is 5.97 Å². The average molecular weight is 241 g/mol. The lowest BCUT2D eigenvalue weighted by atomic mass is 9.71. The molecule has 1 aliphatic rings. The van der Waals surface area contributed by atoms with E-state index >= 15 is 0 Å². The number of carbonyl (C=O) groups is 1. The van der Waals surface area contributed by atoms with Crippen LogP contribution in [0.25, 0.3) is 0 Å². The maximum absolute atomic E-state index is 10.5. The van der Waals surface area contributed by atoms with Gasteiger partial charge in [0.25, 0.3) is 0 Å². The van der Waals surface area contributed by atoms with Crippen molar-refractivity contribution in [1.82, 2.24) is 4.90 Å². The number of rotatable bonds is 4. The molecule has 0 aromatic rings. The minimum absolute atomic E-state index is 0.260. The summed E-state index contributed by atoms with van der Waals surface area (Å²) in [6.07, 6.45) is 5.27. The van der Waals surface area contributed by atoms with Gasteiger partial charge in [-0.1, -0.05) is 20.8 Å². The Kier molecular flexibility index (Phi) is 4.99. The molecule has 0 amide bonds. The zero-order chi connectivity index (χ0) is 13.1. The summed E-state index contributed by atoms with van der Waals surface area (Å²) in [5, 5.41) is 8.68. The Morgan fingerprint density at radius 2 is 1.76 bits per heavy atom. The molecule has 0 bridgehead atoms. The van der Waals surface area contributed by atoms with E-state index in [0.29, 0.717) is 18.0 Å². The molecule has 17 heavy (non-hydrogen) atoms. The Balaban J connectivity index is 2.33. The first kappa shape index (κ1) is 14.5. The van der Waals surface area contributed by atoms with Crippen LogP contribution in [0.15, 0.2) is 0 Å². The van der Waals surface area contributed by atoms with Gasteiger partial charge in [0.15, 0.2) is 0 Å². The zero-order valence-corrected chi connectivity index (χ0v) is 11.7. The van der Waals surface area contributed by atoms with Crippen molar-refractivity contribution in [2.45, 2.75) is 58.9 Å². The van der Waals surface area contributed by atoms with Gasteiger partial charge in [-0.2, -0.15) is 0 Å². The van der Waals surface area contributed by atoms with Gasteiger partial charge in [-0.05, 0) is 44.1 Å². The van der Waals surface area contributed by atoms with Crippen molar-refractivity contribution in [1.29, 1.82) is 0 Å². The SMILES string of the molecule is CN(CCC(=O)O)C1CCC(C(C)(C)C)CC1. The predicted octanol–water partition coefficient (Wildman–Crippen LogP) is 3.00. The molecule has 0 aliphatic heterocycles. The Hall–Kier alpha value is -0.570. The number of carboxylic acid groups (broad SMARTS) is 1. The van der Waals surface area contributed by atoms with Gasteiger partial charge in [0.1, 0.15) is 0 Å². The summed E-state index contributed by atoms with van der Waals surface area (Å²) >= 11 is 0. The summed E-state index contributed by atoms with van der Waals surface area (Å²) in [6, 6.07) is 0.591. The molecule has 0 atom stereocenters. The van der Waals surface area contributed by atoms with Crippen LogP contribution < -0.4 is 0 Å². The summed E-state index contributed by atoms with van der Waals surface area (Å²) in [5.41, 5.74) is 0.421. The Morgan fingerprint density at radius 3 is 2.18 bits per heavy atom. The third-order valence-electron chi connectivity index (χ3n) is 4.22. The molecule has 3 heteroatoms. The first-order chi connectivity index (χ1) is 7.80. The first-order valence-electron chi connectivity index (χ1n) is 6.72. The van der Waals surface area contributed by atoms with Crippen LogP contribution in [-0.2, 0) is 4.79 Å². The predicted molar refractivity (Wildman–Crippen MR) is 70.1 cm³/mol. The van der Waals surface area contributed by atoms with Gasteiger partial charge in [-0.3, -0.25) is 4.79 Å². The molecule has 1 N–H and O–H groups in total. The van der Waals surface area contributed by atoms with Gasteiger partial charge in [0.05, 0.1) is 6.42 Å². The van der Waals surface area contributed by atoms with E-state index in [-0.39, 0.29) is 6.42 Å². The van der Waals surface area contributed by atoms with Crippen molar-refractivity contribution in [2.75, 3.05) is 13.6 Å².